The quantitative estimate of drug-likeness (QED) is 0.710. The number of aromatic nitrogens is 1. The van der Waals surface area contributed by atoms with E-state index in [1.54, 1.807) is 12.6 Å². The number of aliphatic hydroxyl groups is 1. The molecular weight excluding hydrogens is 150 g/mol. The number of thiazole rings is 1. The highest BCUT2D eigenvalue weighted by molar-refractivity contribution is 7.07. The molecule has 3 nitrogen and oxygen atoms in total. The van der Waals surface area contributed by atoms with Gasteiger partial charge in [0.25, 0.3) is 0 Å². The highest BCUT2D eigenvalue weighted by Gasteiger charge is 2.07. The largest absolute Gasteiger partial charge is 0.384 e. The third kappa shape index (κ3) is 1.76. The predicted molar refractivity (Wildman–Crippen MR) is 38.9 cm³/mol. The molecule has 0 fully saturated rings. The molecule has 4 heteroatoms. The Morgan fingerprint density at radius 2 is 2.70 bits per heavy atom. The van der Waals surface area contributed by atoms with Crippen molar-refractivity contribution < 1.29 is 9.84 Å². The van der Waals surface area contributed by atoms with Crippen LogP contribution in [0.15, 0.2) is 10.9 Å². The van der Waals surface area contributed by atoms with E-state index in [1.165, 1.54) is 11.3 Å². The number of rotatable bonds is 3. The Morgan fingerprint density at radius 1 is 1.90 bits per heavy atom. The van der Waals surface area contributed by atoms with Gasteiger partial charge in [-0.2, -0.15) is 0 Å². The molecule has 1 aromatic heterocycles. The zero-order valence-corrected chi connectivity index (χ0v) is 6.47. The zero-order chi connectivity index (χ0) is 7.40. The summed E-state index contributed by atoms with van der Waals surface area (Å²) in [5.74, 6) is 0. The van der Waals surface area contributed by atoms with Gasteiger partial charge in [0.05, 0.1) is 17.8 Å². The van der Waals surface area contributed by atoms with Gasteiger partial charge < -0.3 is 9.84 Å². The van der Waals surface area contributed by atoms with Crippen molar-refractivity contribution in [2.45, 2.75) is 6.10 Å². The SMILES string of the molecule is COCC(O)c1cscn1. The molecule has 56 valence electrons. The van der Waals surface area contributed by atoms with E-state index < -0.39 is 6.10 Å². The van der Waals surface area contributed by atoms with Crippen LogP contribution in [-0.4, -0.2) is 23.8 Å². The van der Waals surface area contributed by atoms with Gasteiger partial charge in [-0.05, 0) is 0 Å². The summed E-state index contributed by atoms with van der Waals surface area (Å²) in [5.41, 5.74) is 2.38. The second kappa shape index (κ2) is 3.65. The minimum Gasteiger partial charge on any atom is -0.384 e. The molecule has 1 N–H and O–H groups in total. The summed E-state index contributed by atoms with van der Waals surface area (Å²) in [4.78, 5) is 3.92. The van der Waals surface area contributed by atoms with Gasteiger partial charge in [-0.3, -0.25) is 0 Å². The fraction of sp³-hybridized carbons (Fsp3) is 0.500. The highest BCUT2D eigenvalue weighted by Crippen LogP contribution is 2.11. The van der Waals surface area contributed by atoms with E-state index in [4.69, 9.17) is 4.74 Å². The molecular formula is C6H9NO2S. The van der Waals surface area contributed by atoms with Crippen LogP contribution in [0.5, 0.6) is 0 Å². The molecule has 0 aromatic carbocycles. The first-order chi connectivity index (χ1) is 4.84. The van der Waals surface area contributed by atoms with Gasteiger partial charge in [0.2, 0.25) is 0 Å². The molecule has 10 heavy (non-hydrogen) atoms. The number of ether oxygens (including phenoxy) is 1. The number of aliphatic hydroxyl groups excluding tert-OH is 1. The van der Waals surface area contributed by atoms with E-state index >= 15 is 0 Å². The van der Waals surface area contributed by atoms with E-state index in [-0.39, 0.29) is 0 Å². The normalized spacial score (nSPS) is 13.4. The Bertz CT molecular complexity index is 176. The van der Waals surface area contributed by atoms with Crippen LogP contribution in [0.4, 0.5) is 0 Å². The highest BCUT2D eigenvalue weighted by atomic mass is 32.1. The maximum atomic E-state index is 9.23. The van der Waals surface area contributed by atoms with Gasteiger partial charge in [-0.25, -0.2) is 4.98 Å². The lowest BCUT2D eigenvalue weighted by atomic mass is 10.3. The molecule has 0 saturated heterocycles. The van der Waals surface area contributed by atoms with Crippen molar-refractivity contribution >= 4 is 11.3 Å². The average Bonchev–Trinajstić information content (AvgIpc) is 2.38. The predicted octanol–water partition coefficient (Wildman–Crippen LogP) is 0.823. The van der Waals surface area contributed by atoms with Crippen molar-refractivity contribution in [3.05, 3.63) is 16.6 Å². The molecule has 1 unspecified atom stereocenters. The maximum Gasteiger partial charge on any atom is 0.120 e. The van der Waals surface area contributed by atoms with Gasteiger partial charge >= 0.3 is 0 Å². The summed E-state index contributed by atoms with van der Waals surface area (Å²) in [6.07, 6.45) is -0.573. The van der Waals surface area contributed by atoms with Crippen molar-refractivity contribution in [2.75, 3.05) is 13.7 Å². The number of nitrogens with zero attached hydrogens (tertiary/aromatic N) is 1. The molecule has 0 bridgehead atoms. The van der Waals surface area contributed by atoms with E-state index in [0.29, 0.717) is 12.3 Å². The molecule has 0 saturated carbocycles. The van der Waals surface area contributed by atoms with Gasteiger partial charge in [0.15, 0.2) is 0 Å². The van der Waals surface area contributed by atoms with Crippen molar-refractivity contribution in [2.24, 2.45) is 0 Å². The lowest BCUT2D eigenvalue weighted by Gasteiger charge is -2.03. The topological polar surface area (TPSA) is 42.4 Å². The van der Waals surface area contributed by atoms with Crippen LogP contribution >= 0.6 is 11.3 Å². The third-order valence-corrected chi connectivity index (χ3v) is 1.72. The standard InChI is InChI=1S/C6H9NO2S/c1-9-2-6(8)5-3-10-4-7-5/h3-4,6,8H,2H2,1H3. The van der Waals surface area contributed by atoms with Crippen LogP contribution in [0.1, 0.15) is 11.8 Å². The Kier molecular flexibility index (Phi) is 2.80. The monoisotopic (exact) mass is 159 g/mol. The fourth-order valence-corrected chi connectivity index (χ4v) is 1.23. The van der Waals surface area contributed by atoms with Gasteiger partial charge in [0, 0.05) is 12.5 Å². The minimum absolute atomic E-state index is 0.309. The smallest absolute Gasteiger partial charge is 0.120 e. The van der Waals surface area contributed by atoms with E-state index in [1.807, 2.05) is 5.38 Å². The fourth-order valence-electron chi connectivity index (χ4n) is 0.630. The van der Waals surface area contributed by atoms with Crippen LogP contribution < -0.4 is 0 Å². The molecule has 0 spiro atoms. The third-order valence-electron chi connectivity index (χ3n) is 1.12. The molecule has 0 aliphatic rings. The molecule has 0 radical (unpaired) electrons. The first-order valence-corrected chi connectivity index (χ1v) is 3.84. The molecule has 1 atom stereocenters. The Hall–Kier alpha value is -0.450. The van der Waals surface area contributed by atoms with Gasteiger partial charge in [0.1, 0.15) is 6.10 Å². The Morgan fingerprint density at radius 3 is 3.20 bits per heavy atom. The minimum atomic E-state index is -0.573. The van der Waals surface area contributed by atoms with E-state index in [9.17, 15) is 5.11 Å². The van der Waals surface area contributed by atoms with Crippen molar-refractivity contribution in [3.8, 4) is 0 Å². The van der Waals surface area contributed by atoms with Crippen molar-refractivity contribution in [1.29, 1.82) is 0 Å². The van der Waals surface area contributed by atoms with Crippen LogP contribution in [0.2, 0.25) is 0 Å². The number of methoxy groups -OCH3 is 1. The number of hydrogen-bond donors (Lipinski definition) is 1. The van der Waals surface area contributed by atoms with Crippen molar-refractivity contribution in [1.82, 2.24) is 4.98 Å². The van der Waals surface area contributed by atoms with Gasteiger partial charge in [-0.1, -0.05) is 0 Å². The van der Waals surface area contributed by atoms with Crippen LogP contribution in [0.3, 0.4) is 0 Å². The van der Waals surface area contributed by atoms with E-state index in [2.05, 4.69) is 4.98 Å². The summed E-state index contributed by atoms with van der Waals surface area (Å²) < 4.78 is 4.74. The molecule has 0 amide bonds. The lowest BCUT2D eigenvalue weighted by molar-refractivity contribution is 0.0621. The van der Waals surface area contributed by atoms with Crippen LogP contribution in [0.25, 0.3) is 0 Å². The zero-order valence-electron chi connectivity index (χ0n) is 5.65. The second-order valence-corrected chi connectivity index (χ2v) is 2.60. The second-order valence-electron chi connectivity index (χ2n) is 1.88. The maximum absolute atomic E-state index is 9.23. The molecule has 1 heterocycles. The molecule has 1 rings (SSSR count). The number of hydrogen-bond acceptors (Lipinski definition) is 4. The summed E-state index contributed by atoms with van der Waals surface area (Å²) >= 11 is 1.47. The summed E-state index contributed by atoms with van der Waals surface area (Å²) in [7, 11) is 1.55. The molecule has 0 aliphatic carbocycles. The first-order valence-electron chi connectivity index (χ1n) is 2.89. The van der Waals surface area contributed by atoms with Crippen molar-refractivity contribution in [3.63, 3.8) is 0 Å². The summed E-state index contributed by atoms with van der Waals surface area (Å²) in [6.45, 7) is 0.309. The first kappa shape index (κ1) is 7.65. The molecule has 0 aliphatic heterocycles. The van der Waals surface area contributed by atoms with E-state index in [0.717, 1.165) is 0 Å². The Balaban J connectivity index is 2.50. The van der Waals surface area contributed by atoms with Crippen LogP contribution in [0, 0.1) is 0 Å². The summed E-state index contributed by atoms with van der Waals surface area (Å²) in [6, 6.07) is 0. The lowest BCUT2D eigenvalue weighted by Crippen LogP contribution is -2.04. The average molecular weight is 159 g/mol. The van der Waals surface area contributed by atoms with Crippen LogP contribution in [-0.2, 0) is 4.74 Å². The van der Waals surface area contributed by atoms with Gasteiger partial charge in [-0.15, -0.1) is 11.3 Å². The Labute approximate surface area is 63.3 Å². The molecule has 1 aromatic rings. The summed E-state index contributed by atoms with van der Waals surface area (Å²) in [5, 5.41) is 11.0.